The van der Waals surface area contributed by atoms with Crippen molar-refractivity contribution in [3.8, 4) is 0 Å². The number of carboxylic acids is 1. The van der Waals surface area contributed by atoms with Gasteiger partial charge >= 0.3 is 5.97 Å². The van der Waals surface area contributed by atoms with Crippen molar-refractivity contribution in [2.45, 2.75) is 18.9 Å². The summed E-state index contributed by atoms with van der Waals surface area (Å²) in [6.07, 6.45) is 2.54. The third kappa shape index (κ3) is 4.11. The zero-order valence-electron chi connectivity index (χ0n) is 11.1. The van der Waals surface area contributed by atoms with Gasteiger partial charge in [0, 0.05) is 19.2 Å². The fourth-order valence-electron chi connectivity index (χ4n) is 2.18. The number of anilines is 1. The fraction of sp³-hybridized carbons (Fsp3) is 0.500. The summed E-state index contributed by atoms with van der Waals surface area (Å²) in [5, 5.41) is 19.3. The topological polar surface area (TPSA) is 106 Å². The van der Waals surface area contributed by atoms with E-state index in [9.17, 15) is 14.9 Å². The molecule has 1 fully saturated rings. The van der Waals surface area contributed by atoms with Crippen LogP contribution in [0.15, 0.2) is 16.7 Å². The molecule has 21 heavy (non-hydrogen) atoms. The van der Waals surface area contributed by atoms with Crippen LogP contribution in [0.2, 0.25) is 0 Å². The van der Waals surface area contributed by atoms with Gasteiger partial charge in [0.2, 0.25) is 0 Å². The van der Waals surface area contributed by atoms with E-state index in [1.807, 2.05) is 4.90 Å². The second-order valence-corrected chi connectivity index (χ2v) is 5.50. The molecule has 1 aliphatic rings. The number of aromatic nitrogens is 1. The fourth-order valence-corrected chi connectivity index (χ4v) is 2.76. The highest BCUT2D eigenvalue weighted by molar-refractivity contribution is 9.10. The highest BCUT2D eigenvalue weighted by atomic mass is 79.9. The standard InChI is InChI=1S/C12H14BrN3O5/c13-10-5-8(16(19)20)6-14-12(10)15-3-1-9(2-4-15)21-7-11(17)18/h5-6,9H,1-4,7H2,(H,17,18). The van der Waals surface area contributed by atoms with Gasteiger partial charge in [0.05, 0.1) is 15.5 Å². The number of piperidine rings is 1. The SMILES string of the molecule is O=C(O)COC1CCN(c2ncc([N+](=O)[O-])cc2Br)CC1. The minimum atomic E-state index is -0.975. The average molecular weight is 360 g/mol. The molecule has 114 valence electrons. The largest absolute Gasteiger partial charge is 0.480 e. The van der Waals surface area contributed by atoms with Crippen molar-refractivity contribution in [3.05, 3.63) is 26.9 Å². The first-order valence-electron chi connectivity index (χ1n) is 6.35. The third-order valence-corrected chi connectivity index (χ3v) is 3.79. The summed E-state index contributed by atoms with van der Waals surface area (Å²) < 4.78 is 5.83. The quantitative estimate of drug-likeness (QED) is 0.631. The van der Waals surface area contributed by atoms with Gasteiger partial charge in [-0.05, 0) is 28.8 Å². The van der Waals surface area contributed by atoms with Crippen LogP contribution in [0.3, 0.4) is 0 Å². The van der Waals surface area contributed by atoms with Crippen molar-refractivity contribution < 1.29 is 19.6 Å². The Morgan fingerprint density at radius 2 is 2.24 bits per heavy atom. The summed E-state index contributed by atoms with van der Waals surface area (Å²) in [6.45, 7) is 1.03. The van der Waals surface area contributed by atoms with Crippen LogP contribution in [0.5, 0.6) is 0 Å². The summed E-state index contributed by atoms with van der Waals surface area (Å²) in [4.78, 5) is 26.8. The van der Waals surface area contributed by atoms with Gasteiger partial charge in [-0.2, -0.15) is 0 Å². The van der Waals surface area contributed by atoms with E-state index < -0.39 is 10.9 Å². The lowest BCUT2D eigenvalue weighted by Gasteiger charge is -2.32. The normalized spacial score (nSPS) is 16.0. The Morgan fingerprint density at radius 1 is 1.57 bits per heavy atom. The van der Waals surface area contributed by atoms with E-state index in [1.165, 1.54) is 12.3 Å². The lowest BCUT2D eigenvalue weighted by atomic mass is 10.1. The predicted molar refractivity (Wildman–Crippen MR) is 77.4 cm³/mol. The smallest absolute Gasteiger partial charge is 0.329 e. The predicted octanol–water partition coefficient (Wildman–Crippen LogP) is 1.82. The maximum Gasteiger partial charge on any atom is 0.329 e. The minimum absolute atomic E-state index is 0.0645. The molecule has 0 spiro atoms. The van der Waals surface area contributed by atoms with Crippen molar-refractivity contribution in [2.75, 3.05) is 24.6 Å². The van der Waals surface area contributed by atoms with E-state index >= 15 is 0 Å². The van der Waals surface area contributed by atoms with Crippen molar-refractivity contribution >= 4 is 33.4 Å². The summed E-state index contributed by atoms with van der Waals surface area (Å²) >= 11 is 3.30. The number of carboxylic acid groups (broad SMARTS) is 1. The van der Waals surface area contributed by atoms with Gasteiger partial charge in [-0.1, -0.05) is 0 Å². The summed E-state index contributed by atoms with van der Waals surface area (Å²) in [5.41, 5.74) is -0.0645. The molecule has 1 aromatic heterocycles. The molecule has 9 heteroatoms. The number of hydrogen-bond acceptors (Lipinski definition) is 6. The van der Waals surface area contributed by atoms with Crippen molar-refractivity contribution in [2.24, 2.45) is 0 Å². The lowest BCUT2D eigenvalue weighted by Crippen LogP contribution is -2.38. The molecular formula is C12H14BrN3O5. The van der Waals surface area contributed by atoms with Gasteiger partial charge in [0.25, 0.3) is 5.69 Å². The van der Waals surface area contributed by atoms with Gasteiger partial charge < -0.3 is 14.7 Å². The van der Waals surface area contributed by atoms with Crippen molar-refractivity contribution in [1.82, 2.24) is 4.98 Å². The third-order valence-electron chi connectivity index (χ3n) is 3.20. The number of nitrogens with zero attached hydrogens (tertiary/aromatic N) is 3. The number of hydrogen-bond donors (Lipinski definition) is 1. The maximum atomic E-state index is 10.7. The molecule has 8 nitrogen and oxygen atoms in total. The molecule has 0 radical (unpaired) electrons. The molecule has 0 aliphatic carbocycles. The van der Waals surface area contributed by atoms with Crippen LogP contribution < -0.4 is 4.90 Å². The van der Waals surface area contributed by atoms with Crippen LogP contribution in [0.25, 0.3) is 0 Å². The second kappa shape index (κ2) is 6.81. The van der Waals surface area contributed by atoms with Gasteiger partial charge in [-0.25, -0.2) is 9.78 Å². The first-order valence-corrected chi connectivity index (χ1v) is 7.15. The highest BCUT2D eigenvalue weighted by Crippen LogP contribution is 2.29. The number of aliphatic carboxylic acids is 1. The van der Waals surface area contributed by atoms with Gasteiger partial charge in [-0.3, -0.25) is 10.1 Å². The highest BCUT2D eigenvalue weighted by Gasteiger charge is 2.23. The second-order valence-electron chi connectivity index (χ2n) is 4.65. The van der Waals surface area contributed by atoms with E-state index in [1.54, 1.807) is 0 Å². The molecule has 0 aromatic carbocycles. The van der Waals surface area contributed by atoms with E-state index in [2.05, 4.69) is 20.9 Å². The molecule has 2 heterocycles. The first kappa shape index (κ1) is 15.6. The van der Waals surface area contributed by atoms with E-state index in [-0.39, 0.29) is 18.4 Å². The zero-order chi connectivity index (χ0) is 15.4. The Morgan fingerprint density at radius 3 is 2.76 bits per heavy atom. The molecule has 1 N–H and O–H groups in total. The van der Waals surface area contributed by atoms with Gasteiger partial charge in [0.1, 0.15) is 18.6 Å². The molecule has 2 rings (SSSR count). The maximum absolute atomic E-state index is 10.7. The Kier molecular flexibility index (Phi) is 5.07. The molecule has 1 aromatic rings. The van der Waals surface area contributed by atoms with Gasteiger partial charge in [0.15, 0.2) is 0 Å². The molecule has 0 bridgehead atoms. The molecule has 1 saturated heterocycles. The number of rotatable bonds is 5. The number of pyridine rings is 1. The summed E-state index contributed by atoms with van der Waals surface area (Å²) in [7, 11) is 0. The molecular weight excluding hydrogens is 346 g/mol. The van der Waals surface area contributed by atoms with Crippen LogP contribution in [0, 0.1) is 10.1 Å². The Bertz CT molecular complexity index is 546. The minimum Gasteiger partial charge on any atom is -0.480 e. The first-order chi connectivity index (χ1) is 9.97. The number of nitro groups is 1. The molecule has 0 saturated carbocycles. The Hall–Kier alpha value is -1.74. The molecule has 0 atom stereocenters. The van der Waals surface area contributed by atoms with Crippen LogP contribution >= 0.6 is 15.9 Å². The van der Waals surface area contributed by atoms with E-state index in [0.717, 1.165) is 0 Å². The van der Waals surface area contributed by atoms with Crippen LogP contribution in [0.4, 0.5) is 11.5 Å². The summed E-state index contributed by atoms with van der Waals surface area (Å²) in [5.74, 6) is -0.325. The van der Waals surface area contributed by atoms with Crippen molar-refractivity contribution in [3.63, 3.8) is 0 Å². The number of ether oxygens (including phenoxy) is 1. The molecule has 1 aliphatic heterocycles. The van der Waals surface area contributed by atoms with E-state index in [0.29, 0.717) is 36.2 Å². The monoisotopic (exact) mass is 359 g/mol. The van der Waals surface area contributed by atoms with Crippen LogP contribution in [-0.4, -0.2) is 46.8 Å². The van der Waals surface area contributed by atoms with Gasteiger partial charge in [-0.15, -0.1) is 0 Å². The van der Waals surface area contributed by atoms with Crippen LogP contribution in [-0.2, 0) is 9.53 Å². The average Bonchev–Trinajstić information content (AvgIpc) is 2.45. The summed E-state index contributed by atoms with van der Waals surface area (Å²) in [6, 6.07) is 1.43. The lowest BCUT2D eigenvalue weighted by molar-refractivity contribution is -0.385. The Labute approximate surface area is 129 Å². The number of halogens is 1. The Balaban J connectivity index is 1.96. The molecule has 0 unspecified atom stereocenters. The number of carbonyl (C=O) groups is 1. The zero-order valence-corrected chi connectivity index (χ0v) is 12.7. The van der Waals surface area contributed by atoms with Crippen molar-refractivity contribution in [1.29, 1.82) is 0 Å². The van der Waals surface area contributed by atoms with Crippen LogP contribution in [0.1, 0.15) is 12.8 Å². The van der Waals surface area contributed by atoms with E-state index in [4.69, 9.17) is 9.84 Å². The molecule has 0 amide bonds.